The van der Waals surface area contributed by atoms with E-state index < -0.39 is 14.9 Å². The van der Waals surface area contributed by atoms with Crippen molar-refractivity contribution in [3.8, 4) is 0 Å². The zero-order valence-corrected chi connectivity index (χ0v) is 12.2. The first kappa shape index (κ1) is 14.9. The van der Waals surface area contributed by atoms with E-state index in [1.807, 2.05) is 6.92 Å². The van der Waals surface area contributed by atoms with Gasteiger partial charge in [0.2, 0.25) is 10.0 Å². The number of rotatable bonds is 3. The van der Waals surface area contributed by atoms with Gasteiger partial charge in [-0.3, -0.25) is 10.1 Å². The van der Waals surface area contributed by atoms with Gasteiger partial charge in [-0.25, -0.2) is 8.42 Å². The second kappa shape index (κ2) is 5.47. The van der Waals surface area contributed by atoms with Crippen LogP contribution < -0.4 is 5.32 Å². The van der Waals surface area contributed by atoms with E-state index in [1.165, 1.54) is 29.4 Å². The summed E-state index contributed by atoms with van der Waals surface area (Å²) in [6.45, 7) is 4.81. The molecule has 0 aliphatic carbocycles. The van der Waals surface area contributed by atoms with Gasteiger partial charge in [0.15, 0.2) is 0 Å². The maximum absolute atomic E-state index is 12.7. The first-order valence-electron chi connectivity index (χ1n) is 6.32. The lowest BCUT2D eigenvalue weighted by molar-refractivity contribution is -0.385. The highest BCUT2D eigenvalue weighted by atomic mass is 32.2. The Bertz CT molecular complexity index is 630. The Kier molecular flexibility index (Phi) is 4.07. The SMILES string of the molecule is Cc1c([N+](=O)[O-])cccc1S(=O)(=O)N1CCNC[C@@H]1C. The Morgan fingerprint density at radius 2 is 2.15 bits per heavy atom. The molecule has 0 radical (unpaired) electrons. The highest BCUT2D eigenvalue weighted by Gasteiger charge is 2.33. The predicted molar refractivity (Wildman–Crippen MR) is 74.1 cm³/mol. The van der Waals surface area contributed by atoms with Crippen LogP contribution in [0.15, 0.2) is 23.1 Å². The van der Waals surface area contributed by atoms with Gasteiger partial charge < -0.3 is 5.32 Å². The number of piperazine rings is 1. The minimum atomic E-state index is -3.71. The molecule has 8 heteroatoms. The molecule has 110 valence electrons. The number of nitro benzene ring substituents is 1. The van der Waals surface area contributed by atoms with Gasteiger partial charge in [0, 0.05) is 37.3 Å². The Labute approximate surface area is 117 Å². The predicted octanol–water partition coefficient (Wildman–Crippen LogP) is 0.886. The zero-order chi connectivity index (χ0) is 14.9. The largest absolute Gasteiger partial charge is 0.314 e. The summed E-state index contributed by atoms with van der Waals surface area (Å²) in [4.78, 5) is 10.4. The van der Waals surface area contributed by atoms with E-state index >= 15 is 0 Å². The number of benzene rings is 1. The summed E-state index contributed by atoms with van der Waals surface area (Å²) < 4.78 is 26.7. The quantitative estimate of drug-likeness (QED) is 0.661. The molecule has 1 aromatic carbocycles. The standard InChI is InChI=1S/C12H17N3O4S/c1-9-8-13-6-7-14(9)20(18,19)12-5-3-4-11(10(12)2)15(16)17/h3-5,9,13H,6-8H2,1-2H3/t9-/m0/s1. The lowest BCUT2D eigenvalue weighted by Crippen LogP contribution is -2.52. The van der Waals surface area contributed by atoms with Crippen LogP contribution in [-0.4, -0.2) is 43.3 Å². The summed E-state index contributed by atoms with van der Waals surface area (Å²) in [5.74, 6) is 0. The molecule has 0 spiro atoms. The number of sulfonamides is 1. The molecule has 2 rings (SSSR count). The van der Waals surface area contributed by atoms with Gasteiger partial charge >= 0.3 is 0 Å². The van der Waals surface area contributed by atoms with Gasteiger partial charge in [-0.1, -0.05) is 6.07 Å². The Hall–Kier alpha value is -1.51. The number of hydrogen-bond donors (Lipinski definition) is 1. The molecule has 1 aromatic rings. The van der Waals surface area contributed by atoms with Crippen LogP contribution in [0.4, 0.5) is 5.69 Å². The third-order valence-corrected chi connectivity index (χ3v) is 5.64. The van der Waals surface area contributed by atoms with E-state index in [9.17, 15) is 18.5 Å². The van der Waals surface area contributed by atoms with Crippen molar-refractivity contribution in [1.82, 2.24) is 9.62 Å². The highest BCUT2D eigenvalue weighted by Crippen LogP contribution is 2.28. The Balaban J connectivity index is 2.49. The van der Waals surface area contributed by atoms with E-state index in [0.29, 0.717) is 19.6 Å². The molecule has 1 atom stereocenters. The van der Waals surface area contributed by atoms with E-state index in [1.54, 1.807) is 0 Å². The number of hydrogen-bond acceptors (Lipinski definition) is 5. The second-order valence-electron chi connectivity index (χ2n) is 4.83. The second-order valence-corrected chi connectivity index (χ2v) is 6.69. The van der Waals surface area contributed by atoms with Gasteiger partial charge in [-0.05, 0) is 19.9 Å². The van der Waals surface area contributed by atoms with Crippen LogP contribution in [0.3, 0.4) is 0 Å². The van der Waals surface area contributed by atoms with E-state index in [-0.39, 0.29) is 22.2 Å². The average Bonchev–Trinajstić information content (AvgIpc) is 2.38. The summed E-state index contributed by atoms with van der Waals surface area (Å²) in [6.07, 6.45) is 0. The molecule has 1 saturated heterocycles. The lowest BCUT2D eigenvalue weighted by atomic mass is 10.2. The smallest absolute Gasteiger partial charge is 0.273 e. The third kappa shape index (κ3) is 2.54. The van der Waals surface area contributed by atoms with Crippen LogP contribution in [0.5, 0.6) is 0 Å². The molecular formula is C12H17N3O4S. The highest BCUT2D eigenvalue weighted by molar-refractivity contribution is 7.89. The van der Waals surface area contributed by atoms with Gasteiger partial charge in [0.1, 0.15) is 0 Å². The fourth-order valence-corrected chi connectivity index (χ4v) is 4.26. The molecule has 1 fully saturated rings. The van der Waals surface area contributed by atoms with Crippen molar-refractivity contribution in [3.63, 3.8) is 0 Å². The first-order chi connectivity index (χ1) is 9.35. The zero-order valence-electron chi connectivity index (χ0n) is 11.4. The summed E-state index contributed by atoms with van der Waals surface area (Å²) in [5.41, 5.74) is 0.0112. The van der Waals surface area contributed by atoms with Gasteiger partial charge in [-0.2, -0.15) is 4.31 Å². The van der Waals surface area contributed by atoms with Crippen LogP contribution in [0.1, 0.15) is 12.5 Å². The van der Waals surface area contributed by atoms with Crippen molar-refractivity contribution >= 4 is 15.7 Å². The van der Waals surface area contributed by atoms with Crippen LogP contribution in [0.25, 0.3) is 0 Å². The first-order valence-corrected chi connectivity index (χ1v) is 7.76. The van der Waals surface area contributed by atoms with Gasteiger partial charge in [-0.15, -0.1) is 0 Å². The van der Waals surface area contributed by atoms with Crippen molar-refractivity contribution in [3.05, 3.63) is 33.9 Å². The summed E-state index contributed by atoms with van der Waals surface area (Å²) in [7, 11) is -3.71. The van der Waals surface area contributed by atoms with Crippen LogP contribution >= 0.6 is 0 Å². The fraction of sp³-hybridized carbons (Fsp3) is 0.500. The van der Waals surface area contributed by atoms with Crippen LogP contribution in [0.2, 0.25) is 0 Å². The topological polar surface area (TPSA) is 92.5 Å². The molecule has 1 N–H and O–H groups in total. The van der Waals surface area contributed by atoms with E-state index in [4.69, 9.17) is 0 Å². The van der Waals surface area contributed by atoms with Crippen LogP contribution in [0, 0.1) is 17.0 Å². The number of nitrogens with one attached hydrogen (secondary N) is 1. The monoisotopic (exact) mass is 299 g/mol. The summed E-state index contributed by atoms with van der Waals surface area (Å²) >= 11 is 0. The average molecular weight is 299 g/mol. The minimum Gasteiger partial charge on any atom is -0.314 e. The molecule has 0 saturated carbocycles. The normalized spacial score (nSPS) is 20.8. The molecule has 1 aliphatic rings. The van der Waals surface area contributed by atoms with Crippen molar-refractivity contribution in [2.45, 2.75) is 24.8 Å². The molecule has 1 heterocycles. The van der Waals surface area contributed by atoms with Crippen molar-refractivity contribution in [1.29, 1.82) is 0 Å². The molecule has 7 nitrogen and oxygen atoms in total. The third-order valence-electron chi connectivity index (χ3n) is 3.48. The molecule has 0 aromatic heterocycles. The van der Waals surface area contributed by atoms with Crippen molar-refractivity contribution in [2.75, 3.05) is 19.6 Å². The summed E-state index contributed by atoms with van der Waals surface area (Å²) in [6, 6.07) is 3.97. The van der Waals surface area contributed by atoms with E-state index in [2.05, 4.69) is 5.32 Å². The molecule has 0 unspecified atom stereocenters. The fourth-order valence-electron chi connectivity index (χ4n) is 2.39. The van der Waals surface area contributed by atoms with Crippen molar-refractivity contribution < 1.29 is 13.3 Å². The molecule has 20 heavy (non-hydrogen) atoms. The lowest BCUT2D eigenvalue weighted by Gasteiger charge is -2.33. The molecular weight excluding hydrogens is 282 g/mol. The maximum Gasteiger partial charge on any atom is 0.273 e. The number of nitrogens with zero attached hydrogens (tertiary/aromatic N) is 2. The van der Waals surface area contributed by atoms with Gasteiger partial charge in [0.25, 0.3) is 5.69 Å². The Morgan fingerprint density at radius 3 is 2.75 bits per heavy atom. The van der Waals surface area contributed by atoms with E-state index in [0.717, 1.165) is 0 Å². The molecule has 0 bridgehead atoms. The molecule has 0 amide bonds. The van der Waals surface area contributed by atoms with Gasteiger partial charge in [0.05, 0.1) is 9.82 Å². The summed E-state index contributed by atoms with van der Waals surface area (Å²) in [5, 5.41) is 14.0. The number of nitro groups is 1. The molecule has 1 aliphatic heterocycles. The van der Waals surface area contributed by atoms with Crippen LogP contribution in [-0.2, 0) is 10.0 Å². The maximum atomic E-state index is 12.7. The Morgan fingerprint density at radius 1 is 1.45 bits per heavy atom. The minimum absolute atomic E-state index is 0.0143. The van der Waals surface area contributed by atoms with Crippen molar-refractivity contribution in [2.24, 2.45) is 0 Å².